The van der Waals surface area contributed by atoms with Gasteiger partial charge in [0.2, 0.25) is 0 Å². The standard InChI is InChI=1S/C25H17BrClFN2O3/c1-33-15-5-2-13(3-6-15)12-30-24(16-10-14(28)4-7-19(16)27)21-18(26)11-17-20(31)8-9-29-23(17)22(21)25(30)32/h2-7,9-11,24H,8,12H2,1H3. The first kappa shape index (κ1) is 21.8. The Labute approximate surface area is 203 Å². The molecule has 3 aromatic rings. The summed E-state index contributed by atoms with van der Waals surface area (Å²) in [7, 11) is 1.58. The summed E-state index contributed by atoms with van der Waals surface area (Å²) in [5.74, 6) is -0.160. The monoisotopic (exact) mass is 526 g/mol. The number of methoxy groups -OCH3 is 1. The molecule has 8 heteroatoms. The van der Waals surface area contributed by atoms with Gasteiger partial charge in [0, 0.05) is 45.4 Å². The average molecular weight is 528 g/mol. The van der Waals surface area contributed by atoms with Gasteiger partial charge in [-0.25, -0.2) is 4.39 Å². The van der Waals surface area contributed by atoms with Crippen LogP contribution in [0.25, 0.3) is 0 Å². The molecule has 0 N–H and O–H groups in total. The fourth-order valence-electron chi connectivity index (χ4n) is 4.37. The van der Waals surface area contributed by atoms with Gasteiger partial charge in [0.15, 0.2) is 5.78 Å². The average Bonchev–Trinajstić information content (AvgIpc) is 3.10. The highest BCUT2D eigenvalue weighted by atomic mass is 79.9. The van der Waals surface area contributed by atoms with E-state index in [2.05, 4.69) is 20.9 Å². The highest BCUT2D eigenvalue weighted by Gasteiger charge is 2.43. The number of fused-ring (bicyclic) bond motifs is 3. The molecule has 5 nitrogen and oxygen atoms in total. The molecule has 0 radical (unpaired) electrons. The Balaban J connectivity index is 1.71. The Morgan fingerprint density at radius 1 is 1.18 bits per heavy atom. The molecule has 5 rings (SSSR count). The number of hydrogen-bond acceptors (Lipinski definition) is 4. The number of ether oxygens (including phenoxy) is 1. The molecule has 0 aliphatic carbocycles. The van der Waals surface area contributed by atoms with Gasteiger partial charge < -0.3 is 9.64 Å². The highest BCUT2D eigenvalue weighted by Crippen LogP contribution is 2.50. The number of halogens is 3. The first-order valence-electron chi connectivity index (χ1n) is 10.2. The lowest BCUT2D eigenvalue weighted by molar-refractivity contribution is 0.0736. The Bertz CT molecular complexity index is 1340. The molecule has 0 fully saturated rings. The van der Waals surface area contributed by atoms with Crippen LogP contribution in [0.15, 0.2) is 58.0 Å². The summed E-state index contributed by atoms with van der Waals surface area (Å²) in [6.07, 6.45) is 1.70. The third kappa shape index (κ3) is 3.65. The van der Waals surface area contributed by atoms with Gasteiger partial charge in [0.25, 0.3) is 5.91 Å². The first-order chi connectivity index (χ1) is 15.9. The molecule has 0 bridgehead atoms. The Hall–Kier alpha value is -3.03. The minimum atomic E-state index is -0.662. The highest BCUT2D eigenvalue weighted by molar-refractivity contribution is 9.10. The smallest absolute Gasteiger partial charge is 0.257 e. The van der Waals surface area contributed by atoms with Crippen molar-refractivity contribution in [2.45, 2.75) is 19.0 Å². The van der Waals surface area contributed by atoms with Gasteiger partial charge in [-0.2, -0.15) is 0 Å². The molecule has 1 amide bonds. The fourth-order valence-corrected chi connectivity index (χ4v) is 5.23. The maximum absolute atomic E-state index is 14.3. The van der Waals surface area contributed by atoms with Crippen LogP contribution in [0.2, 0.25) is 5.02 Å². The molecular formula is C25H17BrClFN2O3. The molecule has 2 aliphatic heterocycles. The summed E-state index contributed by atoms with van der Waals surface area (Å²) in [5, 5.41) is 0.339. The van der Waals surface area contributed by atoms with E-state index in [0.29, 0.717) is 43.2 Å². The second-order valence-corrected chi connectivity index (χ2v) is 9.09. The van der Waals surface area contributed by atoms with Gasteiger partial charge >= 0.3 is 0 Å². The van der Waals surface area contributed by atoms with E-state index < -0.39 is 11.9 Å². The van der Waals surface area contributed by atoms with Crippen LogP contribution >= 0.6 is 27.5 Å². The van der Waals surface area contributed by atoms with Crippen LogP contribution in [0, 0.1) is 5.82 Å². The predicted molar refractivity (Wildman–Crippen MR) is 127 cm³/mol. The van der Waals surface area contributed by atoms with Gasteiger partial charge in [-0.1, -0.05) is 39.7 Å². The molecule has 33 heavy (non-hydrogen) atoms. The van der Waals surface area contributed by atoms with E-state index >= 15 is 0 Å². The minimum absolute atomic E-state index is 0.106. The third-order valence-corrected chi connectivity index (χ3v) is 6.91. The number of carbonyl (C=O) groups excluding carboxylic acids is 2. The summed E-state index contributed by atoms with van der Waals surface area (Å²) in [5.41, 5.74) is 3.02. The number of ketones is 1. The van der Waals surface area contributed by atoms with Crippen LogP contribution in [0.1, 0.15) is 49.9 Å². The van der Waals surface area contributed by atoms with Crippen LogP contribution in [-0.4, -0.2) is 29.9 Å². The predicted octanol–water partition coefficient (Wildman–Crippen LogP) is 6.28. The van der Waals surface area contributed by atoms with Gasteiger partial charge in [-0.3, -0.25) is 14.6 Å². The van der Waals surface area contributed by atoms with E-state index in [9.17, 15) is 14.0 Å². The zero-order chi connectivity index (χ0) is 23.3. The second kappa shape index (κ2) is 8.39. The number of rotatable bonds is 4. The maximum atomic E-state index is 14.3. The molecule has 3 aromatic carbocycles. The van der Waals surface area contributed by atoms with E-state index in [4.69, 9.17) is 16.3 Å². The third-order valence-electron chi connectivity index (χ3n) is 5.91. The molecule has 1 atom stereocenters. The van der Waals surface area contributed by atoms with Gasteiger partial charge in [0.05, 0.1) is 24.4 Å². The molecule has 0 saturated carbocycles. The van der Waals surface area contributed by atoms with E-state index in [1.54, 1.807) is 18.1 Å². The van der Waals surface area contributed by atoms with E-state index in [0.717, 1.165) is 5.56 Å². The maximum Gasteiger partial charge on any atom is 0.257 e. The first-order valence-corrected chi connectivity index (χ1v) is 11.4. The van der Waals surface area contributed by atoms with Crippen LogP contribution in [0.5, 0.6) is 5.75 Å². The van der Waals surface area contributed by atoms with Crippen LogP contribution in [0.4, 0.5) is 10.1 Å². The van der Waals surface area contributed by atoms with Crippen molar-refractivity contribution < 1.29 is 18.7 Å². The molecular weight excluding hydrogens is 511 g/mol. The van der Waals surface area contributed by atoms with Crippen LogP contribution < -0.4 is 4.74 Å². The summed E-state index contributed by atoms with van der Waals surface area (Å²) in [6, 6.07) is 12.5. The molecule has 0 aromatic heterocycles. The Kier molecular flexibility index (Phi) is 5.54. The largest absolute Gasteiger partial charge is 0.497 e. The lowest BCUT2D eigenvalue weighted by atomic mass is 9.92. The number of amides is 1. The normalized spacial score (nSPS) is 16.7. The summed E-state index contributed by atoms with van der Waals surface area (Å²) >= 11 is 10.1. The molecule has 2 aliphatic rings. The van der Waals surface area contributed by atoms with Crippen molar-refractivity contribution in [1.29, 1.82) is 0 Å². The quantitative estimate of drug-likeness (QED) is 0.401. The van der Waals surface area contributed by atoms with Crippen molar-refractivity contribution in [1.82, 2.24) is 4.90 Å². The van der Waals surface area contributed by atoms with Gasteiger partial charge in [0.1, 0.15) is 11.6 Å². The Morgan fingerprint density at radius 3 is 2.67 bits per heavy atom. The zero-order valence-electron chi connectivity index (χ0n) is 17.4. The van der Waals surface area contributed by atoms with E-state index in [1.807, 2.05) is 24.3 Å². The SMILES string of the molecule is COc1ccc(CN2C(=O)c3c4c(cc(Br)c3C2c2cc(F)ccc2Cl)C(=O)CC=N4)cc1. The molecule has 166 valence electrons. The van der Waals surface area contributed by atoms with Crippen molar-refractivity contribution in [3.63, 3.8) is 0 Å². The van der Waals surface area contributed by atoms with Crippen LogP contribution in [0.3, 0.4) is 0 Å². The topological polar surface area (TPSA) is 59.0 Å². The van der Waals surface area contributed by atoms with E-state index in [1.165, 1.54) is 24.4 Å². The van der Waals surface area contributed by atoms with E-state index in [-0.39, 0.29) is 24.7 Å². The van der Waals surface area contributed by atoms with Crippen molar-refractivity contribution in [3.8, 4) is 5.75 Å². The van der Waals surface area contributed by atoms with Crippen LogP contribution in [-0.2, 0) is 6.54 Å². The van der Waals surface area contributed by atoms with Crippen molar-refractivity contribution >= 4 is 51.1 Å². The van der Waals surface area contributed by atoms with Crippen molar-refractivity contribution in [2.75, 3.05) is 7.11 Å². The lowest BCUT2D eigenvalue weighted by Gasteiger charge is -2.27. The van der Waals surface area contributed by atoms with Gasteiger partial charge in [-0.15, -0.1) is 0 Å². The summed E-state index contributed by atoms with van der Waals surface area (Å²) < 4.78 is 20.1. The number of aliphatic imine (C=N–C) groups is 1. The number of hydrogen-bond donors (Lipinski definition) is 0. The molecule has 2 heterocycles. The molecule has 1 unspecified atom stereocenters. The number of Topliss-reactive ketones (excluding diaryl/α,β-unsaturated/α-hetero) is 1. The van der Waals surface area contributed by atoms with Gasteiger partial charge in [-0.05, 0) is 42.0 Å². The second-order valence-electron chi connectivity index (χ2n) is 7.83. The van der Waals surface area contributed by atoms with Crippen molar-refractivity contribution in [2.24, 2.45) is 4.99 Å². The molecule has 0 spiro atoms. The minimum Gasteiger partial charge on any atom is -0.497 e. The number of carbonyl (C=O) groups is 2. The Morgan fingerprint density at radius 2 is 1.94 bits per heavy atom. The van der Waals surface area contributed by atoms with Crippen molar-refractivity contribution in [3.05, 3.63) is 91.7 Å². The summed E-state index contributed by atoms with van der Waals surface area (Å²) in [4.78, 5) is 32.3. The fraction of sp³-hybridized carbons (Fsp3) is 0.160. The number of nitrogens with zero attached hydrogens (tertiary/aromatic N) is 2. The summed E-state index contributed by atoms with van der Waals surface area (Å²) in [6.45, 7) is 0.244. The molecule has 0 saturated heterocycles. The zero-order valence-corrected chi connectivity index (χ0v) is 19.8. The lowest BCUT2D eigenvalue weighted by Crippen LogP contribution is -2.28. The number of benzene rings is 3.